The second-order valence-corrected chi connectivity index (χ2v) is 8.88. The summed E-state index contributed by atoms with van der Waals surface area (Å²) in [4.78, 5) is 37.5. The monoisotopic (exact) mass is 512 g/mol. The number of rotatable bonds is 6. The van der Waals surface area contributed by atoms with Crippen LogP contribution in [0.5, 0.6) is 0 Å². The van der Waals surface area contributed by atoms with E-state index >= 15 is 0 Å². The Balaban J connectivity index is 1.94. The standard InChI is InChI=1S/C20H21Cl2F3N2O4S/c1-11(19(30)31-2)26-18(29)13-7-9-27(10-8-13)15(28)6-4-12-3-5-14(17(22)16(12)21)32-20(23,24)25/h3-6,11,13H,7-10H2,1-2H3,(H,26,29). The molecule has 2 rings (SSSR count). The van der Waals surface area contributed by atoms with E-state index in [9.17, 15) is 27.6 Å². The lowest BCUT2D eigenvalue weighted by atomic mass is 9.95. The Bertz CT molecular complexity index is 904. The maximum atomic E-state index is 12.6. The molecule has 0 radical (unpaired) electrons. The van der Waals surface area contributed by atoms with Crippen LogP contribution in [0.3, 0.4) is 0 Å². The minimum atomic E-state index is -4.50. The number of methoxy groups -OCH3 is 1. The molecule has 1 aromatic rings. The van der Waals surface area contributed by atoms with Crippen molar-refractivity contribution in [3.8, 4) is 0 Å². The number of piperidine rings is 1. The van der Waals surface area contributed by atoms with E-state index in [0.29, 0.717) is 31.5 Å². The zero-order chi connectivity index (χ0) is 24.1. The van der Waals surface area contributed by atoms with Crippen molar-refractivity contribution in [2.24, 2.45) is 5.92 Å². The molecule has 0 spiro atoms. The van der Waals surface area contributed by atoms with Crippen LogP contribution >= 0.6 is 35.0 Å². The molecule has 12 heteroatoms. The molecule has 1 saturated heterocycles. The minimum Gasteiger partial charge on any atom is -0.467 e. The fraction of sp³-hybridized carbons (Fsp3) is 0.450. The molecule has 0 bridgehead atoms. The smallest absolute Gasteiger partial charge is 0.446 e. The molecular formula is C20H21Cl2F3N2O4S. The summed E-state index contributed by atoms with van der Waals surface area (Å²) in [5.74, 6) is -1.47. The number of nitrogens with one attached hydrogen (secondary N) is 1. The van der Waals surface area contributed by atoms with Crippen LogP contribution in [0.1, 0.15) is 25.3 Å². The minimum absolute atomic E-state index is 0.0833. The van der Waals surface area contributed by atoms with Gasteiger partial charge in [0.15, 0.2) is 0 Å². The van der Waals surface area contributed by atoms with Crippen molar-refractivity contribution < 1.29 is 32.3 Å². The molecule has 32 heavy (non-hydrogen) atoms. The lowest BCUT2D eigenvalue weighted by molar-refractivity contribution is -0.145. The molecule has 1 atom stereocenters. The number of alkyl halides is 3. The number of benzene rings is 1. The first-order valence-corrected chi connectivity index (χ1v) is 11.1. The summed E-state index contributed by atoms with van der Waals surface area (Å²) in [7, 11) is 1.24. The van der Waals surface area contributed by atoms with Gasteiger partial charge in [-0.15, -0.1) is 0 Å². The van der Waals surface area contributed by atoms with E-state index in [4.69, 9.17) is 23.2 Å². The molecule has 1 aliphatic heterocycles. The van der Waals surface area contributed by atoms with Crippen molar-refractivity contribution in [2.75, 3.05) is 20.2 Å². The molecule has 2 amide bonds. The lowest BCUT2D eigenvalue weighted by Gasteiger charge is -2.31. The van der Waals surface area contributed by atoms with E-state index in [-0.39, 0.29) is 44.4 Å². The average Bonchev–Trinajstić information content (AvgIpc) is 2.74. The Labute approximate surface area is 197 Å². The predicted molar refractivity (Wildman–Crippen MR) is 116 cm³/mol. The largest absolute Gasteiger partial charge is 0.467 e. The molecule has 1 heterocycles. The number of nitrogens with zero attached hydrogens (tertiary/aromatic N) is 1. The van der Waals surface area contributed by atoms with Gasteiger partial charge in [-0.05, 0) is 49.2 Å². The number of carbonyl (C=O) groups is 3. The van der Waals surface area contributed by atoms with Crippen LogP contribution < -0.4 is 5.32 Å². The molecule has 0 aliphatic carbocycles. The van der Waals surface area contributed by atoms with Crippen molar-refractivity contribution in [3.05, 3.63) is 33.8 Å². The van der Waals surface area contributed by atoms with Crippen molar-refractivity contribution in [1.82, 2.24) is 10.2 Å². The Morgan fingerprint density at radius 2 is 1.84 bits per heavy atom. The molecule has 1 aliphatic rings. The van der Waals surface area contributed by atoms with Gasteiger partial charge in [0.25, 0.3) is 0 Å². The third-order valence-electron chi connectivity index (χ3n) is 4.80. The number of ether oxygens (including phenoxy) is 1. The van der Waals surface area contributed by atoms with Gasteiger partial charge in [0, 0.05) is 30.0 Å². The fourth-order valence-electron chi connectivity index (χ4n) is 3.07. The molecule has 1 unspecified atom stereocenters. The average molecular weight is 513 g/mol. The molecule has 176 valence electrons. The van der Waals surface area contributed by atoms with Crippen LogP contribution in [-0.4, -0.2) is 54.4 Å². The van der Waals surface area contributed by atoms with Gasteiger partial charge in [-0.2, -0.15) is 13.2 Å². The van der Waals surface area contributed by atoms with Gasteiger partial charge in [-0.25, -0.2) is 4.79 Å². The highest BCUT2D eigenvalue weighted by Crippen LogP contribution is 2.43. The van der Waals surface area contributed by atoms with E-state index in [1.54, 1.807) is 4.90 Å². The van der Waals surface area contributed by atoms with Crippen molar-refractivity contribution in [1.29, 1.82) is 0 Å². The first-order valence-electron chi connectivity index (χ1n) is 9.52. The summed E-state index contributed by atoms with van der Waals surface area (Å²) in [6.07, 6.45) is 3.49. The van der Waals surface area contributed by atoms with Crippen LogP contribution in [0.15, 0.2) is 23.1 Å². The van der Waals surface area contributed by atoms with Gasteiger partial charge in [-0.1, -0.05) is 29.3 Å². The summed E-state index contributed by atoms with van der Waals surface area (Å²) in [5, 5.41) is 2.27. The summed E-state index contributed by atoms with van der Waals surface area (Å²) in [5.41, 5.74) is -4.19. The molecule has 0 aromatic heterocycles. The molecular weight excluding hydrogens is 492 g/mol. The topological polar surface area (TPSA) is 75.7 Å². The van der Waals surface area contributed by atoms with E-state index in [1.807, 2.05) is 0 Å². The number of likely N-dealkylation sites (tertiary alicyclic amines) is 1. The maximum Gasteiger partial charge on any atom is 0.446 e. The Morgan fingerprint density at radius 1 is 1.22 bits per heavy atom. The number of thioether (sulfide) groups is 1. The van der Waals surface area contributed by atoms with E-state index in [2.05, 4.69) is 10.1 Å². The number of hydrogen-bond donors (Lipinski definition) is 1. The number of amides is 2. The van der Waals surface area contributed by atoms with Gasteiger partial charge < -0.3 is 15.0 Å². The van der Waals surface area contributed by atoms with Crippen LogP contribution in [-0.2, 0) is 19.1 Å². The molecule has 6 nitrogen and oxygen atoms in total. The first kappa shape index (κ1) is 26.3. The number of halogens is 5. The lowest BCUT2D eigenvalue weighted by Crippen LogP contribution is -2.46. The zero-order valence-electron chi connectivity index (χ0n) is 17.2. The Hall–Kier alpha value is -1.91. The van der Waals surface area contributed by atoms with E-state index in [1.165, 1.54) is 38.3 Å². The SMILES string of the molecule is COC(=O)C(C)NC(=O)C1CCN(C(=O)C=Cc2ccc(SC(F)(F)F)c(Cl)c2Cl)CC1. The third kappa shape index (κ3) is 7.31. The molecule has 0 saturated carbocycles. The maximum absolute atomic E-state index is 12.6. The summed E-state index contributed by atoms with van der Waals surface area (Å²) in [6, 6.07) is 1.79. The van der Waals surface area contributed by atoms with Gasteiger partial charge in [0.2, 0.25) is 11.8 Å². The third-order valence-corrected chi connectivity index (χ3v) is 6.60. The Kier molecular flexibility index (Phi) is 9.29. The first-order chi connectivity index (χ1) is 14.9. The Morgan fingerprint density at radius 3 is 2.41 bits per heavy atom. The molecule has 1 aromatic carbocycles. The van der Waals surface area contributed by atoms with Crippen LogP contribution in [0.25, 0.3) is 6.08 Å². The van der Waals surface area contributed by atoms with E-state index < -0.39 is 17.5 Å². The fourth-order valence-corrected chi connectivity index (χ4v) is 4.22. The van der Waals surface area contributed by atoms with Crippen LogP contribution in [0.4, 0.5) is 13.2 Å². The van der Waals surface area contributed by atoms with Gasteiger partial charge in [-0.3, -0.25) is 9.59 Å². The van der Waals surface area contributed by atoms with Crippen molar-refractivity contribution in [2.45, 2.75) is 36.2 Å². The summed E-state index contributed by atoms with van der Waals surface area (Å²) < 4.78 is 42.2. The van der Waals surface area contributed by atoms with Gasteiger partial charge in [0.1, 0.15) is 6.04 Å². The number of hydrogen-bond acceptors (Lipinski definition) is 5. The second-order valence-electron chi connectivity index (χ2n) is 7.02. The highest BCUT2D eigenvalue weighted by atomic mass is 35.5. The highest BCUT2D eigenvalue weighted by molar-refractivity contribution is 8.00. The highest BCUT2D eigenvalue weighted by Gasteiger charge is 2.31. The van der Waals surface area contributed by atoms with Gasteiger partial charge in [0.05, 0.1) is 17.2 Å². The van der Waals surface area contributed by atoms with Gasteiger partial charge >= 0.3 is 11.5 Å². The molecule has 1 N–H and O–H groups in total. The predicted octanol–water partition coefficient (Wildman–Crippen LogP) is 4.53. The summed E-state index contributed by atoms with van der Waals surface area (Å²) in [6.45, 7) is 2.20. The second kappa shape index (κ2) is 11.3. The number of esters is 1. The van der Waals surface area contributed by atoms with Crippen molar-refractivity contribution >= 4 is 58.8 Å². The van der Waals surface area contributed by atoms with E-state index in [0.717, 1.165) is 0 Å². The zero-order valence-corrected chi connectivity index (χ0v) is 19.5. The van der Waals surface area contributed by atoms with Crippen LogP contribution in [0.2, 0.25) is 10.0 Å². The normalized spacial score (nSPS) is 16.2. The number of carbonyl (C=O) groups excluding carboxylic acids is 3. The van der Waals surface area contributed by atoms with Crippen LogP contribution in [0, 0.1) is 5.92 Å². The van der Waals surface area contributed by atoms with Crippen molar-refractivity contribution in [3.63, 3.8) is 0 Å². The summed E-state index contributed by atoms with van der Waals surface area (Å²) >= 11 is 11.6. The molecule has 1 fully saturated rings. The quantitative estimate of drug-likeness (QED) is 0.344.